The van der Waals surface area contributed by atoms with E-state index in [-0.39, 0.29) is 6.61 Å². The van der Waals surface area contributed by atoms with Crippen molar-refractivity contribution in [2.45, 2.75) is 13.5 Å². The van der Waals surface area contributed by atoms with E-state index in [0.717, 1.165) is 9.75 Å². The molecule has 15 heavy (non-hydrogen) atoms. The number of hydrogen-bond donors (Lipinski definition) is 1. The van der Waals surface area contributed by atoms with Gasteiger partial charge in [-0.2, -0.15) is 0 Å². The highest BCUT2D eigenvalue weighted by Crippen LogP contribution is 2.33. The molecule has 0 atom stereocenters. The molecule has 1 N–H and O–H groups in total. The van der Waals surface area contributed by atoms with E-state index in [1.807, 2.05) is 25.1 Å². The van der Waals surface area contributed by atoms with Crippen LogP contribution >= 0.6 is 22.7 Å². The summed E-state index contributed by atoms with van der Waals surface area (Å²) < 4.78 is 0. The Kier molecular flexibility index (Phi) is 3.22. The summed E-state index contributed by atoms with van der Waals surface area (Å²) in [6, 6.07) is 8.13. The van der Waals surface area contributed by atoms with Crippen molar-refractivity contribution < 1.29 is 5.11 Å². The van der Waals surface area contributed by atoms with E-state index in [2.05, 4.69) is 17.9 Å². The Labute approximate surface area is 97.0 Å². The summed E-state index contributed by atoms with van der Waals surface area (Å²) in [5.41, 5.74) is 0. The van der Waals surface area contributed by atoms with Crippen LogP contribution in [-0.2, 0) is 6.61 Å². The van der Waals surface area contributed by atoms with Crippen molar-refractivity contribution in [3.8, 4) is 21.6 Å². The van der Waals surface area contributed by atoms with Crippen molar-refractivity contribution in [1.29, 1.82) is 0 Å². The molecule has 0 aromatic carbocycles. The molecule has 76 valence electrons. The lowest BCUT2D eigenvalue weighted by Crippen LogP contribution is -1.69. The van der Waals surface area contributed by atoms with E-state index in [9.17, 15) is 0 Å². The zero-order valence-corrected chi connectivity index (χ0v) is 9.91. The van der Waals surface area contributed by atoms with Gasteiger partial charge in [0.05, 0.1) is 11.5 Å². The standard InChI is InChI=1S/C12H10OS2/c1-2-3-9-4-6-11(14-9)12-7-5-10(8-13)15-12/h4-7,13H,8H2,1H3. The minimum Gasteiger partial charge on any atom is -0.391 e. The van der Waals surface area contributed by atoms with Crippen LogP contribution in [0.25, 0.3) is 9.75 Å². The van der Waals surface area contributed by atoms with Crippen LogP contribution in [0.4, 0.5) is 0 Å². The molecule has 0 bridgehead atoms. The SMILES string of the molecule is CC#Cc1ccc(-c2ccc(CO)s2)s1. The van der Waals surface area contributed by atoms with Gasteiger partial charge < -0.3 is 5.11 Å². The third kappa shape index (κ3) is 2.29. The fraction of sp³-hybridized carbons (Fsp3) is 0.167. The smallest absolute Gasteiger partial charge is 0.0775 e. The van der Waals surface area contributed by atoms with Gasteiger partial charge in [0.1, 0.15) is 0 Å². The maximum Gasteiger partial charge on any atom is 0.0775 e. The quantitative estimate of drug-likeness (QED) is 0.790. The molecule has 0 saturated heterocycles. The lowest BCUT2D eigenvalue weighted by molar-refractivity contribution is 0.285. The highest BCUT2D eigenvalue weighted by atomic mass is 32.1. The van der Waals surface area contributed by atoms with Crippen molar-refractivity contribution in [2.24, 2.45) is 0 Å². The molecule has 0 aliphatic heterocycles. The van der Waals surface area contributed by atoms with E-state index in [0.29, 0.717) is 0 Å². The Morgan fingerprint density at radius 1 is 1.13 bits per heavy atom. The molecule has 3 heteroatoms. The maximum atomic E-state index is 8.98. The number of rotatable bonds is 2. The summed E-state index contributed by atoms with van der Waals surface area (Å²) in [7, 11) is 0. The van der Waals surface area contributed by atoms with Gasteiger partial charge >= 0.3 is 0 Å². The monoisotopic (exact) mass is 234 g/mol. The van der Waals surface area contributed by atoms with Crippen molar-refractivity contribution in [3.05, 3.63) is 34.0 Å². The summed E-state index contributed by atoms with van der Waals surface area (Å²) in [4.78, 5) is 4.51. The molecule has 0 amide bonds. The van der Waals surface area contributed by atoms with Crippen molar-refractivity contribution in [1.82, 2.24) is 0 Å². The van der Waals surface area contributed by atoms with Crippen molar-refractivity contribution >= 4 is 22.7 Å². The molecule has 0 unspecified atom stereocenters. The first-order chi connectivity index (χ1) is 7.33. The topological polar surface area (TPSA) is 20.2 Å². The maximum absolute atomic E-state index is 8.98. The Balaban J connectivity index is 2.31. The summed E-state index contributed by atoms with van der Waals surface area (Å²) in [6.45, 7) is 1.96. The summed E-state index contributed by atoms with van der Waals surface area (Å²) in [6.07, 6.45) is 0. The van der Waals surface area contributed by atoms with E-state index in [4.69, 9.17) is 5.11 Å². The Morgan fingerprint density at radius 3 is 2.53 bits per heavy atom. The normalized spacial score (nSPS) is 9.73. The average Bonchev–Trinajstić information content (AvgIpc) is 2.85. The molecule has 0 spiro atoms. The van der Waals surface area contributed by atoms with Gasteiger partial charge in [0.2, 0.25) is 0 Å². The number of aliphatic hydroxyl groups is 1. The van der Waals surface area contributed by atoms with Crippen LogP contribution in [0.1, 0.15) is 16.7 Å². The van der Waals surface area contributed by atoms with Gasteiger partial charge in [0, 0.05) is 14.6 Å². The number of hydrogen-bond acceptors (Lipinski definition) is 3. The van der Waals surface area contributed by atoms with Crippen molar-refractivity contribution in [3.63, 3.8) is 0 Å². The molecule has 0 aliphatic rings. The van der Waals surface area contributed by atoms with Gasteiger partial charge in [-0.05, 0) is 31.2 Å². The number of aliphatic hydroxyl groups excluding tert-OH is 1. The second-order valence-electron chi connectivity index (χ2n) is 2.96. The van der Waals surface area contributed by atoms with Crippen LogP contribution < -0.4 is 0 Å². The largest absolute Gasteiger partial charge is 0.391 e. The lowest BCUT2D eigenvalue weighted by Gasteiger charge is -1.88. The van der Waals surface area contributed by atoms with Gasteiger partial charge in [-0.25, -0.2) is 0 Å². The Hall–Kier alpha value is -1.08. The van der Waals surface area contributed by atoms with Gasteiger partial charge in [-0.15, -0.1) is 28.6 Å². The second-order valence-corrected chi connectivity index (χ2v) is 5.22. The first kappa shape index (κ1) is 10.4. The van der Waals surface area contributed by atoms with Crippen LogP contribution in [0.15, 0.2) is 24.3 Å². The molecule has 1 nitrogen and oxygen atoms in total. The molecule has 0 fully saturated rings. The molecular weight excluding hydrogens is 224 g/mol. The van der Waals surface area contributed by atoms with Crippen LogP contribution in [0.3, 0.4) is 0 Å². The third-order valence-corrected chi connectivity index (χ3v) is 4.18. The van der Waals surface area contributed by atoms with Gasteiger partial charge in [0.25, 0.3) is 0 Å². The summed E-state index contributed by atoms with van der Waals surface area (Å²) in [5.74, 6) is 5.93. The summed E-state index contributed by atoms with van der Waals surface area (Å²) >= 11 is 3.32. The number of thiophene rings is 2. The second kappa shape index (κ2) is 4.63. The fourth-order valence-corrected chi connectivity index (χ4v) is 3.12. The highest BCUT2D eigenvalue weighted by Gasteiger charge is 2.04. The molecular formula is C12H10OS2. The van der Waals surface area contributed by atoms with Crippen LogP contribution in [0, 0.1) is 11.8 Å². The van der Waals surface area contributed by atoms with Crippen LogP contribution in [0.5, 0.6) is 0 Å². The highest BCUT2D eigenvalue weighted by molar-refractivity contribution is 7.22. The molecule has 0 aliphatic carbocycles. The third-order valence-electron chi connectivity index (χ3n) is 1.91. The van der Waals surface area contributed by atoms with E-state index >= 15 is 0 Å². The zero-order valence-electron chi connectivity index (χ0n) is 8.28. The Morgan fingerprint density at radius 2 is 1.87 bits per heavy atom. The molecule has 0 radical (unpaired) electrons. The molecule has 2 aromatic heterocycles. The van der Waals surface area contributed by atoms with E-state index < -0.39 is 0 Å². The first-order valence-electron chi connectivity index (χ1n) is 4.56. The van der Waals surface area contributed by atoms with E-state index in [1.54, 1.807) is 22.7 Å². The van der Waals surface area contributed by atoms with Crippen LogP contribution in [-0.4, -0.2) is 5.11 Å². The predicted octanol–water partition coefficient (Wildman–Crippen LogP) is 3.34. The van der Waals surface area contributed by atoms with Gasteiger partial charge in [-0.3, -0.25) is 0 Å². The van der Waals surface area contributed by atoms with Gasteiger partial charge in [0.15, 0.2) is 0 Å². The predicted molar refractivity (Wildman–Crippen MR) is 66.1 cm³/mol. The zero-order chi connectivity index (χ0) is 10.7. The van der Waals surface area contributed by atoms with Gasteiger partial charge in [-0.1, -0.05) is 5.92 Å². The minimum absolute atomic E-state index is 0.123. The van der Waals surface area contributed by atoms with Crippen molar-refractivity contribution in [2.75, 3.05) is 0 Å². The fourth-order valence-electron chi connectivity index (χ4n) is 1.26. The molecule has 2 rings (SSSR count). The van der Waals surface area contributed by atoms with E-state index in [1.165, 1.54) is 9.75 Å². The molecule has 0 saturated carbocycles. The summed E-state index contributed by atoms with van der Waals surface area (Å²) in [5, 5.41) is 8.98. The average molecular weight is 234 g/mol. The molecule has 2 heterocycles. The Bertz CT molecular complexity index is 511. The first-order valence-corrected chi connectivity index (χ1v) is 6.19. The lowest BCUT2D eigenvalue weighted by atomic mass is 10.3. The van der Waals surface area contributed by atoms with Crippen LogP contribution in [0.2, 0.25) is 0 Å². The molecule has 2 aromatic rings. The minimum atomic E-state index is 0.123.